The van der Waals surface area contributed by atoms with Crippen molar-refractivity contribution in [3.63, 3.8) is 0 Å². The highest BCUT2D eigenvalue weighted by Gasteiger charge is 2.12. The summed E-state index contributed by atoms with van der Waals surface area (Å²) in [6.45, 7) is 1.85. The van der Waals surface area contributed by atoms with Gasteiger partial charge in [-0.25, -0.2) is 0 Å². The van der Waals surface area contributed by atoms with Crippen LogP contribution in [0.5, 0.6) is 11.5 Å². The summed E-state index contributed by atoms with van der Waals surface area (Å²) >= 11 is 3.39. The van der Waals surface area contributed by atoms with Crippen LogP contribution >= 0.6 is 15.9 Å². The Morgan fingerprint density at radius 2 is 1.82 bits per heavy atom. The first kappa shape index (κ1) is 21.5. The molecule has 0 saturated carbocycles. The number of anilines is 1. The van der Waals surface area contributed by atoms with Crippen molar-refractivity contribution in [2.45, 2.75) is 6.92 Å². The van der Waals surface area contributed by atoms with Crippen LogP contribution in [0.2, 0.25) is 0 Å². The number of methoxy groups -OCH3 is 2. The van der Waals surface area contributed by atoms with Gasteiger partial charge < -0.3 is 19.7 Å². The summed E-state index contributed by atoms with van der Waals surface area (Å²) in [5, 5.41) is 2.82. The van der Waals surface area contributed by atoms with Crippen LogP contribution in [0.4, 0.5) is 5.69 Å². The van der Waals surface area contributed by atoms with Crippen LogP contribution in [0.15, 0.2) is 46.9 Å². The van der Waals surface area contributed by atoms with E-state index >= 15 is 0 Å². The summed E-state index contributed by atoms with van der Waals surface area (Å²) in [5.41, 5.74) is 2.44. The van der Waals surface area contributed by atoms with Crippen molar-refractivity contribution >= 4 is 39.5 Å². The van der Waals surface area contributed by atoms with E-state index in [1.807, 2.05) is 31.2 Å². The topological polar surface area (TPSA) is 67.9 Å². The van der Waals surface area contributed by atoms with Crippen molar-refractivity contribution in [2.24, 2.45) is 0 Å². The minimum absolute atomic E-state index is 0.0510. The van der Waals surface area contributed by atoms with Crippen LogP contribution in [0.3, 0.4) is 0 Å². The molecule has 2 aromatic rings. The molecule has 0 aromatic heterocycles. The summed E-state index contributed by atoms with van der Waals surface area (Å²) < 4.78 is 11.4. The fraction of sp³-hybridized carbons (Fsp3) is 0.238. The predicted octanol–water partition coefficient (Wildman–Crippen LogP) is 3.89. The first-order valence-corrected chi connectivity index (χ1v) is 9.34. The number of carbonyl (C=O) groups excluding carboxylic acids is 2. The number of carbonyl (C=O) groups is 2. The minimum Gasteiger partial charge on any atom is -0.493 e. The first-order chi connectivity index (χ1) is 13.3. The molecule has 0 bridgehead atoms. The Morgan fingerprint density at radius 1 is 1.11 bits per heavy atom. The number of rotatable bonds is 7. The molecule has 0 radical (unpaired) electrons. The zero-order valence-corrected chi connectivity index (χ0v) is 17.9. The third-order valence-corrected chi connectivity index (χ3v) is 4.54. The molecule has 2 amide bonds. The summed E-state index contributed by atoms with van der Waals surface area (Å²) in [4.78, 5) is 25.9. The second-order valence-electron chi connectivity index (χ2n) is 6.15. The Labute approximate surface area is 173 Å². The Balaban J connectivity index is 1.96. The number of hydrogen-bond donors (Lipinski definition) is 1. The molecule has 0 aliphatic rings. The number of benzene rings is 2. The Kier molecular flexibility index (Phi) is 7.63. The molecule has 2 aromatic carbocycles. The zero-order chi connectivity index (χ0) is 20.7. The maximum atomic E-state index is 12.3. The van der Waals surface area contributed by atoms with Gasteiger partial charge in [0.1, 0.15) is 0 Å². The molecular formula is C21H23BrN2O4. The molecule has 6 nitrogen and oxygen atoms in total. The quantitative estimate of drug-likeness (QED) is 0.655. The lowest BCUT2D eigenvalue weighted by molar-refractivity contribution is -0.129. The third kappa shape index (κ3) is 5.85. The number of amides is 2. The maximum Gasteiger partial charge on any atom is 0.246 e. The molecule has 1 N–H and O–H groups in total. The number of likely N-dealkylation sites (N-methyl/N-ethyl adjacent to an activating group) is 1. The van der Waals surface area contributed by atoms with Crippen LogP contribution in [0, 0.1) is 6.92 Å². The standard InChI is InChI=1S/C21H23BrN2O4/c1-14-11-16(22)7-8-17(14)23-20(25)13-24(2)21(26)10-6-15-5-9-18(27-3)19(12-15)28-4/h5-12H,13H2,1-4H3,(H,23,25)/b10-6+. The zero-order valence-electron chi connectivity index (χ0n) is 16.3. The summed E-state index contributed by atoms with van der Waals surface area (Å²) in [7, 11) is 4.69. The Hall–Kier alpha value is -2.80. The highest BCUT2D eigenvalue weighted by Crippen LogP contribution is 2.28. The molecule has 7 heteroatoms. The fourth-order valence-corrected chi connectivity index (χ4v) is 2.98. The first-order valence-electron chi connectivity index (χ1n) is 8.55. The van der Waals surface area contributed by atoms with Gasteiger partial charge in [-0.05, 0) is 54.5 Å². The van der Waals surface area contributed by atoms with Gasteiger partial charge in [0.15, 0.2) is 11.5 Å². The van der Waals surface area contributed by atoms with Gasteiger partial charge in [-0.2, -0.15) is 0 Å². The molecule has 0 atom stereocenters. The van der Waals surface area contributed by atoms with Crippen LogP contribution in [0.25, 0.3) is 6.08 Å². The van der Waals surface area contributed by atoms with Gasteiger partial charge in [-0.15, -0.1) is 0 Å². The molecule has 0 saturated heterocycles. The van der Waals surface area contributed by atoms with Gasteiger partial charge in [-0.1, -0.05) is 22.0 Å². The van der Waals surface area contributed by atoms with Crippen molar-refractivity contribution in [1.82, 2.24) is 4.90 Å². The van der Waals surface area contributed by atoms with Crippen LogP contribution in [0.1, 0.15) is 11.1 Å². The molecule has 28 heavy (non-hydrogen) atoms. The number of nitrogens with zero attached hydrogens (tertiary/aromatic N) is 1. The molecule has 148 valence electrons. The molecule has 2 rings (SSSR count). The second-order valence-corrected chi connectivity index (χ2v) is 7.07. The van der Waals surface area contributed by atoms with Gasteiger partial charge >= 0.3 is 0 Å². The van der Waals surface area contributed by atoms with E-state index in [0.717, 1.165) is 21.3 Å². The van der Waals surface area contributed by atoms with E-state index in [1.54, 1.807) is 39.5 Å². The average Bonchev–Trinajstić information content (AvgIpc) is 2.67. The molecular weight excluding hydrogens is 424 g/mol. The summed E-state index contributed by atoms with van der Waals surface area (Å²) in [6.07, 6.45) is 3.08. The molecule has 0 spiro atoms. The van der Waals surface area contributed by atoms with E-state index < -0.39 is 0 Å². The van der Waals surface area contributed by atoms with Crippen molar-refractivity contribution in [1.29, 1.82) is 0 Å². The fourth-order valence-electron chi connectivity index (χ4n) is 2.50. The molecule has 0 unspecified atom stereocenters. The van der Waals surface area contributed by atoms with E-state index in [0.29, 0.717) is 11.5 Å². The van der Waals surface area contributed by atoms with Gasteiger partial charge in [0.05, 0.1) is 20.8 Å². The highest BCUT2D eigenvalue weighted by molar-refractivity contribution is 9.10. The van der Waals surface area contributed by atoms with E-state index in [4.69, 9.17) is 9.47 Å². The van der Waals surface area contributed by atoms with Crippen molar-refractivity contribution in [3.05, 3.63) is 58.1 Å². The lowest BCUT2D eigenvalue weighted by atomic mass is 10.2. The third-order valence-electron chi connectivity index (χ3n) is 4.05. The van der Waals surface area contributed by atoms with Crippen LogP contribution in [-0.4, -0.2) is 44.5 Å². The normalized spacial score (nSPS) is 10.6. The minimum atomic E-state index is -0.280. The highest BCUT2D eigenvalue weighted by atomic mass is 79.9. The number of nitrogens with one attached hydrogen (secondary N) is 1. The molecule has 0 aliphatic heterocycles. The number of aryl methyl sites for hydroxylation is 1. The molecule has 0 heterocycles. The number of ether oxygens (including phenoxy) is 2. The van der Waals surface area contributed by atoms with E-state index in [1.165, 1.54) is 11.0 Å². The van der Waals surface area contributed by atoms with Crippen molar-refractivity contribution in [3.8, 4) is 11.5 Å². The van der Waals surface area contributed by atoms with E-state index in [-0.39, 0.29) is 18.4 Å². The lowest BCUT2D eigenvalue weighted by Gasteiger charge is -2.16. The summed E-state index contributed by atoms with van der Waals surface area (Å²) in [5.74, 6) is 0.649. The second kappa shape index (κ2) is 9.94. The number of halogens is 1. The molecule has 0 fully saturated rings. The largest absolute Gasteiger partial charge is 0.493 e. The maximum absolute atomic E-state index is 12.3. The molecule has 0 aliphatic carbocycles. The smallest absolute Gasteiger partial charge is 0.246 e. The van der Waals surface area contributed by atoms with Crippen LogP contribution in [-0.2, 0) is 9.59 Å². The van der Waals surface area contributed by atoms with E-state index in [2.05, 4.69) is 21.2 Å². The van der Waals surface area contributed by atoms with Crippen LogP contribution < -0.4 is 14.8 Å². The van der Waals surface area contributed by atoms with Gasteiger partial charge in [0.2, 0.25) is 11.8 Å². The Morgan fingerprint density at radius 3 is 2.46 bits per heavy atom. The average molecular weight is 447 g/mol. The monoisotopic (exact) mass is 446 g/mol. The van der Waals surface area contributed by atoms with E-state index in [9.17, 15) is 9.59 Å². The number of hydrogen-bond acceptors (Lipinski definition) is 4. The van der Waals surface area contributed by atoms with Crippen molar-refractivity contribution in [2.75, 3.05) is 33.1 Å². The predicted molar refractivity (Wildman–Crippen MR) is 114 cm³/mol. The van der Waals surface area contributed by atoms with Gasteiger partial charge in [0, 0.05) is 23.3 Å². The van der Waals surface area contributed by atoms with Crippen molar-refractivity contribution < 1.29 is 19.1 Å². The summed E-state index contributed by atoms with van der Waals surface area (Å²) in [6, 6.07) is 10.9. The SMILES string of the molecule is COc1ccc(/C=C/C(=O)N(C)CC(=O)Nc2ccc(Br)cc2C)cc1OC. The lowest BCUT2D eigenvalue weighted by Crippen LogP contribution is -2.34. The van der Waals surface area contributed by atoms with Gasteiger partial charge in [0.25, 0.3) is 0 Å². The Bertz CT molecular complexity index is 896. The van der Waals surface area contributed by atoms with Gasteiger partial charge in [-0.3, -0.25) is 9.59 Å².